The molecule has 1 amide bonds. The molecule has 0 spiro atoms. The lowest BCUT2D eigenvalue weighted by Crippen LogP contribution is -3.15. The lowest BCUT2D eigenvalue weighted by atomic mass is 10.1. The Morgan fingerprint density at radius 1 is 1.14 bits per heavy atom. The van der Waals surface area contributed by atoms with E-state index in [1.54, 1.807) is 12.1 Å². The van der Waals surface area contributed by atoms with Crippen molar-refractivity contribution < 1.29 is 23.6 Å². The van der Waals surface area contributed by atoms with E-state index in [0.717, 1.165) is 48.9 Å². The van der Waals surface area contributed by atoms with E-state index in [2.05, 4.69) is 10.2 Å². The number of nitrogens with one attached hydrogen (secondary N) is 2. The third-order valence-electron chi connectivity index (χ3n) is 5.35. The van der Waals surface area contributed by atoms with Gasteiger partial charge in [0, 0.05) is 5.69 Å². The summed E-state index contributed by atoms with van der Waals surface area (Å²) in [6.45, 7) is 6.13. The van der Waals surface area contributed by atoms with E-state index in [4.69, 9.17) is 9.47 Å². The van der Waals surface area contributed by atoms with E-state index in [1.807, 2.05) is 25.1 Å². The zero-order chi connectivity index (χ0) is 19.5. The van der Waals surface area contributed by atoms with Crippen LogP contribution in [-0.2, 0) is 4.79 Å². The van der Waals surface area contributed by atoms with Crippen LogP contribution < -0.4 is 24.6 Å². The predicted molar refractivity (Wildman–Crippen MR) is 103 cm³/mol. The first-order valence-corrected chi connectivity index (χ1v) is 9.61. The summed E-state index contributed by atoms with van der Waals surface area (Å²) in [4.78, 5) is 16.0. The molecule has 2 aromatic carbocycles. The highest BCUT2D eigenvalue weighted by atomic mass is 19.1. The maximum atomic E-state index is 13.1. The molecule has 1 fully saturated rings. The number of carbonyl (C=O) groups excluding carboxylic acids is 1. The molecule has 0 bridgehead atoms. The SMILES string of the molecule is C[C@H](NC(=O)C[NH+]1CCN(c2ccc(F)cc2)CC1)c1ccc2c(c1)OCO2. The number of rotatable bonds is 5. The van der Waals surface area contributed by atoms with E-state index in [-0.39, 0.29) is 24.6 Å². The Hall–Kier alpha value is -2.80. The van der Waals surface area contributed by atoms with Crippen molar-refractivity contribution in [2.24, 2.45) is 0 Å². The molecule has 148 valence electrons. The highest BCUT2D eigenvalue weighted by Crippen LogP contribution is 2.34. The van der Waals surface area contributed by atoms with Crippen molar-refractivity contribution in [1.82, 2.24) is 5.32 Å². The van der Waals surface area contributed by atoms with Crippen molar-refractivity contribution in [3.05, 3.63) is 53.8 Å². The fourth-order valence-electron chi connectivity index (χ4n) is 3.70. The van der Waals surface area contributed by atoms with Gasteiger partial charge >= 0.3 is 0 Å². The fourth-order valence-corrected chi connectivity index (χ4v) is 3.70. The van der Waals surface area contributed by atoms with Gasteiger partial charge < -0.3 is 24.6 Å². The molecule has 4 rings (SSSR count). The second kappa shape index (κ2) is 8.06. The Labute approximate surface area is 163 Å². The molecule has 2 N–H and O–H groups in total. The monoisotopic (exact) mass is 386 g/mol. The summed E-state index contributed by atoms with van der Waals surface area (Å²) in [5.41, 5.74) is 2.02. The topological polar surface area (TPSA) is 55.2 Å². The van der Waals surface area contributed by atoms with Crippen LogP contribution in [0.15, 0.2) is 42.5 Å². The number of halogens is 1. The Kier molecular flexibility index (Phi) is 5.34. The molecule has 0 unspecified atom stereocenters. The Morgan fingerprint density at radius 3 is 2.61 bits per heavy atom. The van der Waals surface area contributed by atoms with Crippen LogP contribution in [0.1, 0.15) is 18.5 Å². The van der Waals surface area contributed by atoms with Crippen molar-refractivity contribution in [1.29, 1.82) is 0 Å². The van der Waals surface area contributed by atoms with E-state index in [1.165, 1.54) is 17.0 Å². The summed E-state index contributed by atoms with van der Waals surface area (Å²) in [5.74, 6) is 1.28. The van der Waals surface area contributed by atoms with Crippen molar-refractivity contribution in [3.8, 4) is 11.5 Å². The normalized spacial score (nSPS) is 17.4. The van der Waals surface area contributed by atoms with Crippen molar-refractivity contribution in [2.45, 2.75) is 13.0 Å². The average molecular weight is 386 g/mol. The Bertz CT molecular complexity index is 835. The van der Waals surface area contributed by atoms with Gasteiger partial charge in [-0.15, -0.1) is 0 Å². The maximum Gasteiger partial charge on any atom is 0.275 e. The van der Waals surface area contributed by atoms with Crippen LogP contribution in [0.2, 0.25) is 0 Å². The summed E-state index contributed by atoms with van der Waals surface area (Å²) in [5, 5.41) is 3.07. The van der Waals surface area contributed by atoms with Gasteiger partial charge in [0.1, 0.15) is 5.82 Å². The zero-order valence-electron chi connectivity index (χ0n) is 15.9. The van der Waals surface area contributed by atoms with Gasteiger partial charge in [-0.25, -0.2) is 4.39 Å². The first-order valence-electron chi connectivity index (χ1n) is 9.61. The smallest absolute Gasteiger partial charge is 0.275 e. The van der Waals surface area contributed by atoms with Crippen molar-refractivity contribution in [2.75, 3.05) is 44.4 Å². The molecule has 1 saturated heterocycles. The summed E-state index contributed by atoms with van der Waals surface area (Å²) >= 11 is 0. The minimum atomic E-state index is -0.221. The lowest BCUT2D eigenvalue weighted by molar-refractivity contribution is -0.892. The molecule has 0 aromatic heterocycles. The van der Waals surface area contributed by atoms with Crippen LogP contribution in [0.5, 0.6) is 11.5 Å². The van der Waals surface area contributed by atoms with Crippen LogP contribution in [0, 0.1) is 5.82 Å². The molecule has 7 heteroatoms. The summed E-state index contributed by atoms with van der Waals surface area (Å²) in [6, 6.07) is 12.2. The summed E-state index contributed by atoms with van der Waals surface area (Å²) in [7, 11) is 0. The molecule has 2 aliphatic heterocycles. The third kappa shape index (κ3) is 4.20. The Morgan fingerprint density at radius 2 is 1.86 bits per heavy atom. The number of fused-ring (bicyclic) bond motifs is 1. The van der Waals surface area contributed by atoms with Gasteiger partial charge in [0.15, 0.2) is 18.0 Å². The highest BCUT2D eigenvalue weighted by molar-refractivity contribution is 5.77. The minimum Gasteiger partial charge on any atom is -0.454 e. The molecule has 0 aliphatic carbocycles. The largest absolute Gasteiger partial charge is 0.454 e. The summed E-state index contributed by atoms with van der Waals surface area (Å²) < 4.78 is 23.8. The van der Waals surface area contributed by atoms with Gasteiger partial charge in [-0.3, -0.25) is 4.79 Å². The lowest BCUT2D eigenvalue weighted by Gasteiger charge is -2.33. The van der Waals surface area contributed by atoms with Gasteiger partial charge in [-0.05, 0) is 48.9 Å². The quantitative estimate of drug-likeness (QED) is 0.809. The van der Waals surface area contributed by atoms with Crippen LogP contribution in [0.4, 0.5) is 10.1 Å². The summed E-state index contributed by atoms with van der Waals surface area (Å²) in [6.07, 6.45) is 0. The number of hydrogen-bond donors (Lipinski definition) is 2. The fraction of sp³-hybridized carbons (Fsp3) is 0.381. The minimum absolute atomic E-state index is 0.0374. The molecule has 28 heavy (non-hydrogen) atoms. The molecule has 2 aliphatic rings. The first-order chi connectivity index (χ1) is 13.6. The van der Waals surface area contributed by atoms with E-state index >= 15 is 0 Å². The van der Waals surface area contributed by atoms with Gasteiger partial charge in [-0.2, -0.15) is 0 Å². The van der Waals surface area contributed by atoms with Gasteiger partial charge in [0.05, 0.1) is 32.2 Å². The number of nitrogens with zero attached hydrogens (tertiary/aromatic N) is 1. The van der Waals surface area contributed by atoms with Gasteiger partial charge in [-0.1, -0.05) is 6.07 Å². The van der Waals surface area contributed by atoms with E-state index < -0.39 is 0 Å². The molecule has 0 radical (unpaired) electrons. The molecule has 6 nitrogen and oxygen atoms in total. The standard InChI is InChI=1S/C21H24FN3O3/c1-15(16-2-7-19-20(12-16)28-14-27-19)23-21(26)13-24-8-10-25(11-9-24)18-5-3-17(22)4-6-18/h2-7,12,15H,8-11,13-14H2,1H3,(H,23,26)/p+1/t15-/m0/s1. The molecular weight excluding hydrogens is 361 g/mol. The second-order valence-electron chi connectivity index (χ2n) is 7.29. The van der Waals surface area contributed by atoms with Crippen LogP contribution in [0.25, 0.3) is 0 Å². The molecule has 0 saturated carbocycles. The number of amides is 1. The van der Waals surface area contributed by atoms with Crippen LogP contribution in [0.3, 0.4) is 0 Å². The van der Waals surface area contributed by atoms with Gasteiger partial charge in [0.25, 0.3) is 5.91 Å². The number of piperazine rings is 1. The zero-order valence-corrected chi connectivity index (χ0v) is 15.9. The number of carbonyl (C=O) groups is 1. The van der Waals surface area contributed by atoms with Crippen molar-refractivity contribution >= 4 is 11.6 Å². The maximum absolute atomic E-state index is 13.1. The number of quaternary nitrogens is 1. The predicted octanol–water partition coefficient (Wildman–Crippen LogP) is 1.14. The van der Waals surface area contributed by atoms with Crippen LogP contribution >= 0.6 is 0 Å². The molecule has 2 heterocycles. The number of benzene rings is 2. The van der Waals surface area contributed by atoms with Crippen molar-refractivity contribution in [3.63, 3.8) is 0 Å². The van der Waals surface area contributed by atoms with E-state index in [9.17, 15) is 9.18 Å². The van der Waals surface area contributed by atoms with E-state index in [0.29, 0.717) is 6.54 Å². The Balaban J connectivity index is 1.26. The highest BCUT2D eigenvalue weighted by Gasteiger charge is 2.23. The van der Waals surface area contributed by atoms with Crippen LogP contribution in [-0.4, -0.2) is 45.4 Å². The third-order valence-corrected chi connectivity index (χ3v) is 5.35. The van der Waals surface area contributed by atoms with Gasteiger partial charge in [0.2, 0.25) is 6.79 Å². The number of ether oxygens (including phenoxy) is 2. The first kappa shape index (κ1) is 18.6. The average Bonchev–Trinajstić information content (AvgIpc) is 3.17. The molecule has 1 atom stereocenters. The number of hydrogen-bond acceptors (Lipinski definition) is 4. The second-order valence-corrected chi connectivity index (χ2v) is 7.29. The molecular formula is C21H25FN3O3+. The molecule has 2 aromatic rings. The number of anilines is 1.